The number of benzene rings is 1. The molecule has 1 aromatic heterocycles. The third kappa shape index (κ3) is 2.66. The summed E-state index contributed by atoms with van der Waals surface area (Å²) in [6.07, 6.45) is 3.02. The van der Waals surface area contributed by atoms with E-state index in [0.29, 0.717) is 12.0 Å². The van der Waals surface area contributed by atoms with E-state index in [0.717, 1.165) is 22.7 Å². The summed E-state index contributed by atoms with van der Waals surface area (Å²) < 4.78 is 0. The molecule has 1 aromatic carbocycles. The number of hydrogen-bond acceptors (Lipinski definition) is 2. The van der Waals surface area contributed by atoms with E-state index in [1.54, 1.807) is 0 Å². The first-order valence-corrected chi connectivity index (χ1v) is 6.09. The smallest absolute Gasteiger partial charge is 0.0702 e. The zero-order valence-electron chi connectivity index (χ0n) is 9.71. The fraction of sp³-hybridized carbons (Fsp3) is 0.214. The molecule has 0 amide bonds. The minimum absolute atomic E-state index is 0. The number of nitrogens with two attached hydrogens (primary N) is 1. The quantitative estimate of drug-likeness (QED) is 0.912. The van der Waals surface area contributed by atoms with Gasteiger partial charge in [0.1, 0.15) is 0 Å². The maximum Gasteiger partial charge on any atom is 0.0702 e. The average Bonchev–Trinajstić information content (AvgIpc) is 3.08. The molecule has 2 nitrogen and oxygen atoms in total. The number of halogens is 2. The van der Waals surface area contributed by atoms with Gasteiger partial charge in [0.15, 0.2) is 0 Å². The van der Waals surface area contributed by atoms with E-state index in [4.69, 9.17) is 17.3 Å². The molecule has 0 bridgehead atoms. The van der Waals surface area contributed by atoms with Crippen molar-refractivity contribution in [3.8, 4) is 11.3 Å². The maximum absolute atomic E-state index is 5.86. The fourth-order valence-electron chi connectivity index (χ4n) is 2.01. The first-order valence-electron chi connectivity index (χ1n) is 5.71. The zero-order chi connectivity index (χ0) is 11.8. The van der Waals surface area contributed by atoms with E-state index in [2.05, 4.69) is 11.1 Å². The normalized spacial score (nSPS) is 21.2. The third-order valence-electron chi connectivity index (χ3n) is 3.19. The molecule has 94 valence electrons. The highest BCUT2D eigenvalue weighted by atomic mass is 35.5. The summed E-state index contributed by atoms with van der Waals surface area (Å²) in [4.78, 5) is 4.48. The number of nitrogens with zero attached hydrogens (tertiary/aromatic N) is 1. The van der Waals surface area contributed by atoms with Crippen molar-refractivity contribution < 1.29 is 0 Å². The Balaban J connectivity index is 0.00000120. The number of rotatable bonds is 2. The molecule has 2 N–H and O–H groups in total. The summed E-state index contributed by atoms with van der Waals surface area (Å²) in [6.45, 7) is 0. The highest BCUT2D eigenvalue weighted by Gasteiger charge is 2.34. The van der Waals surface area contributed by atoms with Gasteiger partial charge in [0.2, 0.25) is 0 Å². The maximum atomic E-state index is 5.86. The molecule has 4 heteroatoms. The second-order valence-corrected chi connectivity index (χ2v) is 4.93. The molecular formula is C14H14Cl2N2. The van der Waals surface area contributed by atoms with Gasteiger partial charge in [0, 0.05) is 28.7 Å². The lowest BCUT2D eigenvalue weighted by Gasteiger charge is -2.03. The molecule has 2 atom stereocenters. The SMILES string of the molecule is Cl.N[C@H]1C[C@@H]1c1ccc(-c2ccc(Cl)cc2)nc1. The molecule has 2 aromatic rings. The molecule has 3 rings (SSSR count). The van der Waals surface area contributed by atoms with Crippen molar-refractivity contribution in [2.24, 2.45) is 5.73 Å². The lowest BCUT2D eigenvalue weighted by atomic mass is 10.1. The molecule has 1 aliphatic carbocycles. The molecule has 18 heavy (non-hydrogen) atoms. The minimum atomic E-state index is 0. The van der Waals surface area contributed by atoms with Gasteiger partial charge < -0.3 is 5.73 Å². The Hall–Kier alpha value is -1.09. The van der Waals surface area contributed by atoms with Crippen molar-refractivity contribution in [3.63, 3.8) is 0 Å². The Kier molecular flexibility index (Phi) is 3.91. The van der Waals surface area contributed by atoms with Gasteiger partial charge in [-0.25, -0.2) is 0 Å². The Morgan fingerprint density at radius 2 is 1.78 bits per heavy atom. The summed E-state index contributed by atoms with van der Waals surface area (Å²) in [6, 6.07) is 12.2. The Morgan fingerprint density at radius 1 is 1.11 bits per heavy atom. The molecule has 0 saturated heterocycles. The summed E-state index contributed by atoms with van der Waals surface area (Å²) in [7, 11) is 0. The first-order chi connectivity index (χ1) is 8.24. The molecule has 0 aliphatic heterocycles. The van der Waals surface area contributed by atoms with Crippen LogP contribution in [0, 0.1) is 0 Å². The standard InChI is InChI=1S/C14H13ClN2.ClH/c15-11-4-1-9(2-5-11)14-6-3-10(8-17-14)12-7-13(12)16;/h1-6,8,12-13H,7,16H2;1H/t12-,13+;/m1./s1. The van der Waals surface area contributed by atoms with Crippen molar-refractivity contribution in [2.45, 2.75) is 18.4 Å². The van der Waals surface area contributed by atoms with Gasteiger partial charge in [-0.3, -0.25) is 4.98 Å². The van der Waals surface area contributed by atoms with Crippen LogP contribution in [0.15, 0.2) is 42.6 Å². The zero-order valence-corrected chi connectivity index (χ0v) is 11.3. The lowest BCUT2D eigenvalue weighted by molar-refractivity contribution is 0.981. The molecule has 1 aliphatic rings. The largest absolute Gasteiger partial charge is 0.327 e. The molecule has 0 unspecified atom stereocenters. The van der Waals surface area contributed by atoms with Gasteiger partial charge in [0.05, 0.1) is 5.69 Å². The third-order valence-corrected chi connectivity index (χ3v) is 3.45. The number of pyridine rings is 1. The van der Waals surface area contributed by atoms with Crippen LogP contribution in [0.1, 0.15) is 17.9 Å². The number of aromatic nitrogens is 1. The van der Waals surface area contributed by atoms with Gasteiger partial charge >= 0.3 is 0 Å². The molecule has 1 saturated carbocycles. The second kappa shape index (κ2) is 5.27. The Bertz CT molecular complexity index is 522. The summed E-state index contributed by atoms with van der Waals surface area (Å²) in [5.41, 5.74) is 9.12. The van der Waals surface area contributed by atoms with Gasteiger partial charge in [-0.2, -0.15) is 0 Å². The minimum Gasteiger partial charge on any atom is -0.327 e. The monoisotopic (exact) mass is 280 g/mol. The van der Waals surface area contributed by atoms with Crippen LogP contribution in [-0.4, -0.2) is 11.0 Å². The summed E-state index contributed by atoms with van der Waals surface area (Å²) in [5.74, 6) is 0.516. The van der Waals surface area contributed by atoms with Crippen molar-refractivity contribution >= 4 is 24.0 Å². The van der Waals surface area contributed by atoms with E-state index in [-0.39, 0.29) is 12.4 Å². The van der Waals surface area contributed by atoms with E-state index < -0.39 is 0 Å². The van der Waals surface area contributed by atoms with Crippen LogP contribution >= 0.6 is 24.0 Å². The van der Waals surface area contributed by atoms with Crippen LogP contribution in [0.3, 0.4) is 0 Å². The molecule has 1 heterocycles. The Labute approximate surface area is 118 Å². The fourth-order valence-corrected chi connectivity index (χ4v) is 2.14. The van der Waals surface area contributed by atoms with E-state index in [1.807, 2.05) is 36.5 Å². The van der Waals surface area contributed by atoms with Crippen LogP contribution < -0.4 is 5.73 Å². The van der Waals surface area contributed by atoms with E-state index >= 15 is 0 Å². The van der Waals surface area contributed by atoms with Crippen LogP contribution in [-0.2, 0) is 0 Å². The topological polar surface area (TPSA) is 38.9 Å². The predicted octanol–water partition coefficient (Wildman–Crippen LogP) is 3.64. The van der Waals surface area contributed by atoms with Crippen LogP contribution in [0.25, 0.3) is 11.3 Å². The highest BCUT2D eigenvalue weighted by molar-refractivity contribution is 6.30. The second-order valence-electron chi connectivity index (χ2n) is 4.49. The van der Waals surface area contributed by atoms with Crippen molar-refractivity contribution in [3.05, 3.63) is 53.2 Å². The predicted molar refractivity (Wildman–Crippen MR) is 77.3 cm³/mol. The summed E-state index contributed by atoms with van der Waals surface area (Å²) >= 11 is 5.86. The molecular weight excluding hydrogens is 267 g/mol. The van der Waals surface area contributed by atoms with Gasteiger partial charge in [-0.05, 0) is 30.2 Å². The molecule has 0 spiro atoms. The highest BCUT2D eigenvalue weighted by Crippen LogP contribution is 2.38. The average molecular weight is 281 g/mol. The van der Waals surface area contributed by atoms with Crippen molar-refractivity contribution in [1.82, 2.24) is 4.98 Å². The van der Waals surface area contributed by atoms with Crippen LogP contribution in [0.2, 0.25) is 5.02 Å². The van der Waals surface area contributed by atoms with Crippen molar-refractivity contribution in [2.75, 3.05) is 0 Å². The van der Waals surface area contributed by atoms with Crippen LogP contribution in [0.5, 0.6) is 0 Å². The van der Waals surface area contributed by atoms with E-state index in [1.165, 1.54) is 5.56 Å². The van der Waals surface area contributed by atoms with Gasteiger partial charge in [-0.15, -0.1) is 12.4 Å². The van der Waals surface area contributed by atoms with Crippen molar-refractivity contribution in [1.29, 1.82) is 0 Å². The van der Waals surface area contributed by atoms with Gasteiger partial charge in [-0.1, -0.05) is 29.8 Å². The Morgan fingerprint density at radius 3 is 2.28 bits per heavy atom. The number of hydrogen-bond donors (Lipinski definition) is 1. The summed E-state index contributed by atoms with van der Waals surface area (Å²) in [5, 5.41) is 0.745. The molecule has 1 fully saturated rings. The van der Waals surface area contributed by atoms with Crippen LogP contribution in [0.4, 0.5) is 0 Å². The van der Waals surface area contributed by atoms with Gasteiger partial charge in [0.25, 0.3) is 0 Å². The van der Waals surface area contributed by atoms with E-state index in [9.17, 15) is 0 Å². The lowest BCUT2D eigenvalue weighted by Crippen LogP contribution is -2.01. The molecule has 0 radical (unpaired) electrons. The first kappa shape index (κ1) is 13.3.